The van der Waals surface area contributed by atoms with Crippen LogP contribution in [0.15, 0.2) is 51.7 Å². The van der Waals surface area contributed by atoms with Crippen LogP contribution < -0.4 is 5.43 Å². The summed E-state index contributed by atoms with van der Waals surface area (Å²) in [5, 5.41) is 0.913. The number of morpholine rings is 1. The van der Waals surface area contributed by atoms with Crippen molar-refractivity contribution >= 4 is 28.5 Å². The van der Waals surface area contributed by atoms with E-state index in [1.807, 2.05) is 37.3 Å². The number of benzene rings is 2. The van der Waals surface area contributed by atoms with Gasteiger partial charge in [0.15, 0.2) is 5.43 Å². The minimum absolute atomic E-state index is 0.143. The first-order valence-electron chi connectivity index (χ1n) is 11.0. The molecule has 166 valence electrons. The molecular weight excluding hydrogens is 428 g/mol. The molecule has 0 saturated carbocycles. The van der Waals surface area contributed by atoms with E-state index in [2.05, 4.69) is 4.90 Å². The third-order valence-corrected chi connectivity index (χ3v) is 6.75. The molecule has 3 aromatic rings. The van der Waals surface area contributed by atoms with E-state index in [1.165, 1.54) is 0 Å². The zero-order valence-corrected chi connectivity index (χ0v) is 18.7. The van der Waals surface area contributed by atoms with Gasteiger partial charge in [0.2, 0.25) is 5.76 Å². The molecule has 32 heavy (non-hydrogen) atoms. The Labute approximate surface area is 191 Å². The van der Waals surface area contributed by atoms with E-state index in [1.54, 1.807) is 17.0 Å². The summed E-state index contributed by atoms with van der Waals surface area (Å²) in [5.74, 6) is -0.0909. The van der Waals surface area contributed by atoms with E-state index < -0.39 is 6.04 Å². The predicted molar refractivity (Wildman–Crippen MR) is 123 cm³/mol. The lowest BCUT2D eigenvalue weighted by molar-refractivity contribution is 0.0353. The fourth-order valence-corrected chi connectivity index (χ4v) is 4.81. The first kappa shape index (κ1) is 21.2. The van der Waals surface area contributed by atoms with Gasteiger partial charge in [-0.15, -0.1) is 0 Å². The lowest BCUT2D eigenvalue weighted by Crippen LogP contribution is -2.38. The predicted octanol–water partition coefficient (Wildman–Crippen LogP) is 4.02. The molecule has 0 radical (unpaired) electrons. The lowest BCUT2D eigenvalue weighted by Gasteiger charge is -2.29. The van der Waals surface area contributed by atoms with Crippen molar-refractivity contribution in [2.45, 2.75) is 19.4 Å². The van der Waals surface area contributed by atoms with E-state index in [0.29, 0.717) is 28.1 Å². The molecule has 1 saturated heterocycles. The van der Waals surface area contributed by atoms with Gasteiger partial charge >= 0.3 is 0 Å². The van der Waals surface area contributed by atoms with Crippen LogP contribution in [-0.2, 0) is 4.74 Å². The molecule has 5 rings (SSSR count). The Kier molecular flexibility index (Phi) is 5.76. The van der Waals surface area contributed by atoms with Crippen molar-refractivity contribution in [3.05, 3.63) is 80.2 Å². The zero-order chi connectivity index (χ0) is 22.2. The van der Waals surface area contributed by atoms with Crippen molar-refractivity contribution < 1.29 is 13.9 Å². The number of ether oxygens (including phenoxy) is 1. The number of halogens is 1. The van der Waals surface area contributed by atoms with E-state index in [-0.39, 0.29) is 17.1 Å². The Hall–Kier alpha value is -2.67. The fourth-order valence-electron chi connectivity index (χ4n) is 4.64. The van der Waals surface area contributed by atoms with Gasteiger partial charge in [-0.3, -0.25) is 14.5 Å². The quantitative estimate of drug-likeness (QED) is 0.585. The molecule has 3 heterocycles. The van der Waals surface area contributed by atoms with Crippen LogP contribution in [0.5, 0.6) is 0 Å². The Balaban J connectivity index is 1.54. The van der Waals surface area contributed by atoms with Gasteiger partial charge in [-0.25, -0.2) is 0 Å². The van der Waals surface area contributed by atoms with Crippen LogP contribution in [-0.4, -0.2) is 55.1 Å². The molecule has 0 aliphatic carbocycles. The molecule has 6 nitrogen and oxygen atoms in total. The molecule has 1 fully saturated rings. The number of hydrogen-bond donors (Lipinski definition) is 0. The topological polar surface area (TPSA) is 63.0 Å². The van der Waals surface area contributed by atoms with Crippen molar-refractivity contribution in [3.8, 4) is 0 Å². The summed E-state index contributed by atoms with van der Waals surface area (Å²) in [7, 11) is 0. The second kappa shape index (κ2) is 8.70. The van der Waals surface area contributed by atoms with Crippen LogP contribution in [0.2, 0.25) is 5.02 Å². The van der Waals surface area contributed by atoms with Crippen LogP contribution in [0.4, 0.5) is 0 Å². The lowest BCUT2D eigenvalue weighted by atomic mass is 9.98. The molecule has 0 spiro atoms. The largest absolute Gasteiger partial charge is 0.450 e. The molecular formula is C25H25ClN2O4. The zero-order valence-electron chi connectivity index (χ0n) is 18.0. The molecule has 0 N–H and O–H groups in total. The van der Waals surface area contributed by atoms with Crippen LogP contribution in [0.25, 0.3) is 11.0 Å². The van der Waals surface area contributed by atoms with Gasteiger partial charge in [0.05, 0.1) is 30.2 Å². The van der Waals surface area contributed by atoms with Crippen molar-refractivity contribution in [1.29, 1.82) is 0 Å². The van der Waals surface area contributed by atoms with E-state index in [4.69, 9.17) is 20.8 Å². The second-order valence-corrected chi connectivity index (χ2v) is 8.80. The summed E-state index contributed by atoms with van der Waals surface area (Å²) in [6.45, 7) is 6.56. The highest BCUT2D eigenvalue weighted by Gasteiger charge is 2.42. The highest BCUT2D eigenvalue weighted by atomic mass is 35.5. The van der Waals surface area contributed by atoms with E-state index >= 15 is 0 Å². The van der Waals surface area contributed by atoms with Crippen molar-refractivity contribution in [3.63, 3.8) is 0 Å². The molecule has 7 heteroatoms. The average molecular weight is 453 g/mol. The number of carbonyl (C=O) groups is 1. The summed E-state index contributed by atoms with van der Waals surface area (Å²) in [6, 6.07) is 12.6. The third kappa shape index (κ3) is 3.72. The van der Waals surface area contributed by atoms with Gasteiger partial charge in [0, 0.05) is 31.2 Å². The number of aryl methyl sites for hydroxylation is 1. The minimum Gasteiger partial charge on any atom is -0.450 e. The number of nitrogens with zero attached hydrogens (tertiary/aromatic N) is 2. The maximum Gasteiger partial charge on any atom is 0.290 e. The maximum atomic E-state index is 13.6. The van der Waals surface area contributed by atoms with Gasteiger partial charge in [-0.05, 0) is 36.6 Å². The number of rotatable bonds is 5. The third-order valence-electron chi connectivity index (χ3n) is 6.34. The summed E-state index contributed by atoms with van der Waals surface area (Å²) < 4.78 is 11.5. The molecule has 1 aromatic heterocycles. The van der Waals surface area contributed by atoms with Gasteiger partial charge in [0.25, 0.3) is 5.91 Å². The molecule has 2 aromatic carbocycles. The average Bonchev–Trinajstić information content (AvgIpc) is 3.09. The van der Waals surface area contributed by atoms with Crippen LogP contribution in [0.1, 0.15) is 39.7 Å². The maximum absolute atomic E-state index is 13.6. The highest BCUT2D eigenvalue weighted by Crippen LogP contribution is 2.38. The Morgan fingerprint density at radius 3 is 2.56 bits per heavy atom. The summed E-state index contributed by atoms with van der Waals surface area (Å²) in [5.41, 5.74) is 2.30. The van der Waals surface area contributed by atoms with Crippen LogP contribution in [0, 0.1) is 6.92 Å². The monoisotopic (exact) mass is 452 g/mol. The normalized spacial score (nSPS) is 19.0. The number of fused-ring (bicyclic) bond motifs is 2. The number of hydrogen-bond acceptors (Lipinski definition) is 5. The Morgan fingerprint density at radius 2 is 1.81 bits per heavy atom. The Morgan fingerprint density at radius 1 is 1.06 bits per heavy atom. The molecule has 1 atom stereocenters. The fraction of sp³-hybridized carbons (Fsp3) is 0.360. The number of amides is 1. The summed E-state index contributed by atoms with van der Waals surface area (Å²) in [4.78, 5) is 31.1. The van der Waals surface area contributed by atoms with Gasteiger partial charge in [0.1, 0.15) is 5.58 Å². The van der Waals surface area contributed by atoms with Crippen LogP contribution >= 0.6 is 11.6 Å². The molecule has 1 unspecified atom stereocenters. The van der Waals surface area contributed by atoms with Gasteiger partial charge < -0.3 is 14.1 Å². The highest BCUT2D eigenvalue weighted by molar-refractivity contribution is 6.32. The Bertz CT molecular complexity index is 1220. The van der Waals surface area contributed by atoms with E-state index in [9.17, 15) is 9.59 Å². The van der Waals surface area contributed by atoms with E-state index in [0.717, 1.165) is 50.4 Å². The summed E-state index contributed by atoms with van der Waals surface area (Å²) >= 11 is 6.29. The molecule has 2 aliphatic rings. The summed E-state index contributed by atoms with van der Waals surface area (Å²) in [6.07, 6.45) is 0.807. The van der Waals surface area contributed by atoms with Gasteiger partial charge in [-0.1, -0.05) is 41.9 Å². The van der Waals surface area contributed by atoms with Crippen LogP contribution in [0.3, 0.4) is 0 Å². The second-order valence-electron chi connectivity index (χ2n) is 8.39. The van der Waals surface area contributed by atoms with Crippen molar-refractivity contribution in [1.82, 2.24) is 9.80 Å². The standard InChI is InChI=1S/C25H25ClN2O4/c1-16-14-20-18(15-19(16)26)23(29)21-22(17-6-3-2-4-7-17)28(25(30)24(21)32-20)9-5-8-27-10-12-31-13-11-27/h2-4,6-7,14-15,22H,5,8-13H2,1H3. The first-order chi connectivity index (χ1) is 15.5. The SMILES string of the molecule is Cc1cc2oc3c(c(=O)c2cc1Cl)C(c1ccccc1)N(CCCN1CCOCC1)C3=O. The minimum atomic E-state index is -0.468. The van der Waals surface area contributed by atoms with Crippen molar-refractivity contribution in [2.24, 2.45) is 0 Å². The molecule has 0 bridgehead atoms. The van der Waals surface area contributed by atoms with Crippen molar-refractivity contribution in [2.75, 3.05) is 39.4 Å². The smallest absolute Gasteiger partial charge is 0.290 e. The number of carbonyl (C=O) groups excluding carboxylic acids is 1. The first-order valence-corrected chi connectivity index (χ1v) is 11.4. The molecule has 2 aliphatic heterocycles. The van der Waals surface area contributed by atoms with Gasteiger partial charge in [-0.2, -0.15) is 0 Å². The molecule has 1 amide bonds.